The summed E-state index contributed by atoms with van der Waals surface area (Å²) in [7, 11) is 1.51. The van der Waals surface area contributed by atoms with Gasteiger partial charge in [0.05, 0.1) is 36.7 Å². The van der Waals surface area contributed by atoms with Crippen LogP contribution < -0.4 is 15.0 Å². The van der Waals surface area contributed by atoms with E-state index in [9.17, 15) is 9.90 Å². The Labute approximate surface area is 293 Å². The number of alkyl carbamates (subject to hydrolysis) is 1. The van der Waals surface area contributed by atoms with Gasteiger partial charge in [0.15, 0.2) is 11.5 Å². The first-order valence-corrected chi connectivity index (χ1v) is 17.3. The fourth-order valence-electron chi connectivity index (χ4n) is 6.79. The molecule has 1 aliphatic heterocycles. The number of aromatic nitrogens is 6. The molecule has 4 aromatic heterocycles. The number of benzene rings is 1. The van der Waals surface area contributed by atoms with Crippen LogP contribution in [0.5, 0.6) is 6.01 Å². The minimum absolute atomic E-state index is 0.151. The summed E-state index contributed by atoms with van der Waals surface area (Å²) in [6.45, 7) is 6.76. The minimum Gasteiger partial charge on any atom is -0.467 e. The summed E-state index contributed by atoms with van der Waals surface area (Å²) in [6, 6.07) is 12.1. The van der Waals surface area contributed by atoms with E-state index in [-0.39, 0.29) is 24.1 Å². The van der Waals surface area contributed by atoms with E-state index in [1.165, 1.54) is 24.4 Å². The third-order valence-electron chi connectivity index (χ3n) is 9.02. The van der Waals surface area contributed by atoms with E-state index in [4.69, 9.17) is 36.0 Å². The Morgan fingerprint density at radius 2 is 1.90 bits per heavy atom. The molecule has 5 heterocycles. The van der Waals surface area contributed by atoms with Gasteiger partial charge in [-0.2, -0.15) is 4.98 Å². The first-order chi connectivity index (χ1) is 23.6. The van der Waals surface area contributed by atoms with Crippen molar-refractivity contribution < 1.29 is 19.4 Å². The van der Waals surface area contributed by atoms with E-state index in [0.717, 1.165) is 29.7 Å². The summed E-state index contributed by atoms with van der Waals surface area (Å²) in [5.74, 6) is 0.661. The van der Waals surface area contributed by atoms with Gasteiger partial charge >= 0.3 is 12.1 Å². The van der Waals surface area contributed by atoms with E-state index in [1.807, 2.05) is 49.7 Å². The average Bonchev–Trinajstić information content (AvgIpc) is 3.66. The highest BCUT2D eigenvalue weighted by Crippen LogP contribution is 2.52. The maximum Gasteiger partial charge on any atom is 0.408 e. The van der Waals surface area contributed by atoms with Crippen molar-refractivity contribution in [2.24, 2.45) is 5.41 Å². The molecule has 12 nitrogen and oxygen atoms in total. The van der Waals surface area contributed by atoms with Crippen LogP contribution in [0.3, 0.4) is 0 Å². The molecular formula is C35H37ClN8O4S. The second-order valence-corrected chi connectivity index (χ2v) is 14.8. The third kappa shape index (κ3) is 6.62. The number of amides is 1. The molecule has 1 atom stereocenters. The molecular weight excluding hydrogens is 664 g/mol. The topological polar surface area (TPSA) is 140 Å². The number of hydrogen-bond acceptors (Lipinski definition) is 11. The second kappa shape index (κ2) is 13.1. The van der Waals surface area contributed by atoms with Crippen molar-refractivity contribution in [2.75, 3.05) is 25.1 Å². The number of pyridine rings is 1. The van der Waals surface area contributed by atoms with Crippen molar-refractivity contribution in [1.29, 1.82) is 0 Å². The summed E-state index contributed by atoms with van der Waals surface area (Å²) in [5.41, 5.74) is 3.99. The molecule has 2 aliphatic rings. The number of carbonyl (C=O) groups is 1. The Morgan fingerprint density at radius 3 is 2.65 bits per heavy atom. The molecule has 1 aromatic carbocycles. The van der Waals surface area contributed by atoms with Gasteiger partial charge < -0.3 is 29.2 Å². The predicted molar refractivity (Wildman–Crippen MR) is 186 cm³/mol. The summed E-state index contributed by atoms with van der Waals surface area (Å²) in [5, 5.41) is 14.7. The lowest BCUT2D eigenvalue weighted by molar-refractivity contribution is 0.0428. The van der Waals surface area contributed by atoms with Crippen molar-refractivity contribution >= 4 is 40.9 Å². The first-order valence-electron chi connectivity index (χ1n) is 16.1. The Kier molecular flexibility index (Phi) is 8.84. The van der Waals surface area contributed by atoms with Crippen molar-refractivity contribution in [3.63, 3.8) is 0 Å². The van der Waals surface area contributed by atoms with Crippen LogP contribution in [0.15, 0.2) is 71.1 Å². The van der Waals surface area contributed by atoms with Gasteiger partial charge in [0.25, 0.3) is 0 Å². The zero-order valence-electron chi connectivity index (χ0n) is 27.7. The van der Waals surface area contributed by atoms with Crippen LogP contribution in [0, 0.1) is 5.41 Å². The van der Waals surface area contributed by atoms with Crippen LogP contribution in [-0.2, 0) is 17.8 Å². The molecule has 0 bridgehead atoms. The van der Waals surface area contributed by atoms with Gasteiger partial charge in [0.2, 0.25) is 0 Å². The van der Waals surface area contributed by atoms with Crippen LogP contribution in [-0.4, -0.2) is 66.3 Å². The fourth-order valence-corrected chi connectivity index (χ4v) is 7.91. The molecule has 0 saturated carbocycles. The lowest BCUT2D eigenvalue weighted by atomic mass is 9.72. The monoisotopic (exact) mass is 700 g/mol. The number of hydrogen-bond donors (Lipinski definition) is 2. The second-order valence-electron chi connectivity index (χ2n) is 13.3. The normalized spacial score (nSPS) is 16.9. The summed E-state index contributed by atoms with van der Waals surface area (Å²) in [6.07, 6.45) is 9.18. The zero-order valence-corrected chi connectivity index (χ0v) is 29.3. The minimum atomic E-state index is -0.587. The molecule has 1 spiro atoms. The Bertz CT molecular complexity index is 2030. The van der Waals surface area contributed by atoms with Crippen molar-refractivity contribution in [2.45, 2.75) is 68.2 Å². The van der Waals surface area contributed by atoms with Crippen molar-refractivity contribution in [3.05, 3.63) is 83.0 Å². The molecule has 0 radical (unpaired) electrons. The van der Waals surface area contributed by atoms with Gasteiger partial charge in [0, 0.05) is 42.0 Å². The highest BCUT2D eigenvalue weighted by Gasteiger charge is 2.49. The van der Waals surface area contributed by atoms with E-state index < -0.39 is 11.7 Å². The molecule has 1 amide bonds. The standard InChI is InChI=1S/C35H37ClN8O4S/c1-34(2,3)48-33(46)42-29-22-8-6-5-7-21(22)17-35(29)11-15-43(16-12-35)30-25(20-45)39-27(18-38-30)49-26-10-14-44-19-24(40-31(44)28(26)36)23-9-13-37-32(41-23)47-4/h5-10,13-14,18-19,29,45H,11-12,15-17,20H2,1-4H3,(H,42,46)/t29-/m1/s1. The van der Waals surface area contributed by atoms with Gasteiger partial charge in [-0.1, -0.05) is 47.6 Å². The molecule has 7 rings (SSSR count). The van der Waals surface area contributed by atoms with Crippen LogP contribution in [0.25, 0.3) is 17.0 Å². The SMILES string of the molecule is COc1nccc(-c2cn3ccc(Sc4cnc(N5CCC6(CC5)Cc5ccccc5[C@H]6NC(=O)OC(C)(C)C)c(CO)n4)c(Cl)c3n2)n1. The Hall–Kier alpha value is -4.46. The van der Waals surface area contributed by atoms with E-state index >= 15 is 0 Å². The quantitative estimate of drug-likeness (QED) is 0.198. The molecule has 254 valence electrons. The molecule has 1 aliphatic carbocycles. The number of anilines is 1. The Morgan fingerprint density at radius 1 is 1.10 bits per heavy atom. The lowest BCUT2D eigenvalue weighted by Gasteiger charge is -2.44. The first kappa shape index (κ1) is 33.1. The number of piperidine rings is 1. The summed E-state index contributed by atoms with van der Waals surface area (Å²) < 4.78 is 12.6. The molecule has 2 N–H and O–H groups in total. The number of imidazole rings is 1. The van der Waals surface area contributed by atoms with Crippen molar-refractivity contribution in [1.82, 2.24) is 34.6 Å². The van der Waals surface area contributed by atoms with Gasteiger partial charge in [0.1, 0.15) is 22.0 Å². The highest BCUT2D eigenvalue weighted by molar-refractivity contribution is 7.99. The molecule has 49 heavy (non-hydrogen) atoms. The fraction of sp³-hybridized carbons (Fsp3) is 0.371. The van der Waals surface area contributed by atoms with E-state index in [1.54, 1.807) is 18.5 Å². The highest BCUT2D eigenvalue weighted by atomic mass is 35.5. The zero-order chi connectivity index (χ0) is 34.3. The summed E-state index contributed by atoms with van der Waals surface area (Å²) in [4.78, 5) is 38.6. The van der Waals surface area contributed by atoms with Crippen LogP contribution in [0.4, 0.5) is 10.6 Å². The maximum atomic E-state index is 12.9. The van der Waals surface area contributed by atoms with Gasteiger partial charge in [-0.15, -0.1) is 0 Å². The maximum absolute atomic E-state index is 12.9. The average molecular weight is 701 g/mol. The number of aliphatic hydroxyl groups excluding tert-OH is 1. The van der Waals surface area contributed by atoms with E-state index in [0.29, 0.717) is 51.7 Å². The van der Waals surface area contributed by atoms with Gasteiger partial charge in [-0.25, -0.2) is 24.7 Å². The van der Waals surface area contributed by atoms with Crippen LogP contribution in [0.2, 0.25) is 5.02 Å². The molecule has 0 unspecified atom stereocenters. The molecule has 1 saturated heterocycles. The summed E-state index contributed by atoms with van der Waals surface area (Å²) >= 11 is 8.20. The number of rotatable bonds is 7. The Balaban J connectivity index is 1.08. The smallest absolute Gasteiger partial charge is 0.408 e. The molecule has 5 aromatic rings. The number of carbonyl (C=O) groups excluding carboxylic acids is 1. The third-order valence-corrected chi connectivity index (χ3v) is 10.5. The van der Waals surface area contributed by atoms with E-state index in [2.05, 4.69) is 38.4 Å². The van der Waals surface area contributed by atoms with Crippen LogP contribution in [0.1, 0.15) is 56.5 Å². The number of halogens is 1. The van der Waals surface area contributed by atoms with Gasteiger partial charge in [-0.05, 0) is 63.3 Å². The van der Waals surface area contributed by atoms with Crippen LogP contribution >= 0.6 is 23.4 Å². The molecule has 1 fully saturated rings. The lowest BCUT2D eigenvalue weighted by Crippen LogP contribution is -2.48. The number of ether oxygens (including phenoxy) is 2. The van der Waals surface area contributed by atoms with Crippen molar-refractivity contribution in [3.8, 4) is 17.4 Å². The van der Waals surface area contributed by atoms with Gasteiger partial charge in [-0.3, -0.25) is 0 Å². The number of methoxy groups -OCH3 is 1. The number of nitrogens with zero attached hydrogens (tertiary/aromatic N) is 7. The number of nitrogens with one attached hydrogen (secondary N) is 1. The number of fused-ring (bicyclic) bond motifs is 2. The molecule has 14 heteroatoms. The predicted octanol–water partition coefficient (Wildman–Crippen LogP) is 6.30. The largest absolute Gasteiger partial charge is 0.467 e. The number of aliphatic hydroxyl groups is 1.